The Labute approximate surface area is 145 Å². The summed E-state index contributed by atoms with van der Waals surface area (Å²) >= 11 is 0. The number of anilines is 1. The number of nitrogens with zero attached hydrogens (tertiary/aromatic N) is 4. The molecule has 0 saturated carbocycles. The molecule has 25 heavy (non-hydrogen) atoms. The highest BCUT2D eigenvalue weighted by molar-refractivity contribution is 5.97. The van der Waals surface area contributed by atoms with E-state index in [0.29, 0.717) is 17.6 Å². The monoisotopic (exact) mass is 336 g/mol. The molecule has 2 aromatic heterocycles. The summed E-state index contributed by atoms with van der Waals surface area (Å²) in [5, 5.41) is 13.8. The number of carbonyl (C=O) groups excluding carboxylic acids is 1. The summed E-state index contributed by atoms with van der Waals surface area (Å²) in [4.78, 5) is 19.4. The third-order valence-electron chi connectivity index (χ3n) is 4.72. The number of fused-ring (bicyclic) bond motifs is 1. The Kier molecular flexibility index (Phi) is 3.83. The zero-order chi connectivity index (χ0) is 17.4. The van der Waals surface area contributed by atoms with Crippen molar-refractivity contribution in [3.05, 3.63) is 47.3 Å². The molecule has 2 N–H and O–H groups in total. The molecule has 1 atom stereocenters. The van der Waals surface area contributed by atoms with E-state index < -0.39 is 0 Å². The van der Waals surface area contributed by atoms with Crippen LogP contribution in [0.1, 0.15) is 34.1 Å². The summed E-state index contributed by atoms with van der Waals surface area (Å²) in [5.74, 6) is 0.306. The number of nitrogens with one attached hydrogen (secondary N) is 2. The lowest BCUT2D eigenvalue weighted by Crippen LogP contribution is -2.28. The van der Waals surface area contributed by atoms with E-state index in [-0.39, 0.29) is 11.8 Å². The van der Waals surface area contributed by atoms with Crippen LogP contribution in [0.2, 0.25) is 0 Å². The lowest BCUT2D eigenvalue weighted by atomic mass is 10.0. The van der Waals surface area contributed by atoms with Gasteiger partial charge in [0.15, 0.2) is 0 Å². The van der Waals surface area contributed by atoms with Crippen LogP contribution >= 0.6 is 0 Å². The van der Waals surface area contributed by atoms with Gasteiger partial charge in [-0.25, -0.2) is 0 Å². The van der Waals surface area contributed by atoms with Crippen molar-refractivity contribution in [3.8, 4) is 0 Å². The highest BCUT2D eigenvalue weighted by atomic mass is 16.2. The van der Waals surface area contributed by atoms with Gasteiger partial charge in [0.1, 0.15) is 11.0 Å². The van der Waals surface area contributed by atoms with E-state index in [2.05, 4.69) is 31.8 Å². The normalized spacial score (nSPS) is 17.2. The second-order valence-electron chi connectivity index (χ2n) is 6.44. The van der Waals surface area contributed by atoms with Crippen LogP contribution in [0.3, 0.4) is 0 Å². The summed E-state index contributed by atoms with van der Waals surface area (Å²) in [6, 6.07) is 9.52. The molecular weight excluding hydrogens is 316 g/mol. The second-order valence-corrected chi connectivity index (χ2v) is 6.44. The zero-order valence-corrected chi connectivity index (χ0v) is 14.3. The van der Waals surface area contributed by atoms with Gasteiger partial charge >= 0.3 is 0 Å². The average Bonchev–Trinajstić information content (AvgIpc) is 3.29. The third-order valence-corrected chi connectivity index (χ3v) is 4.72. The van der Waals surface area contributed by atoms with Crippen LogP contribution in [0.15, 0.2) is 30.3 Å². The van der Waals surface area contributed by atoms with Gasteiger partial charge in [0.2, 0.25) is 0 Å². The van der Waals surface area contributed by atoms with Crippen molar-refractivity contribution in [2.24, 2.45) is 0 Å². The number of aryl methyl sites for hydroxylation is 1. The average molecular weight is 336 g/mol. The number of hydrogen-bond donors (Lipinski definition) is 2. The Morgan fingerprint density at radius 2 is 2.08 bits per heavy atom. The summed E-state index contributed by atoms with van der Waals surface area (Å²) in [5.41, 5.74) is 5.22. The number of H-pyrrole nitrogens is 1. The van der Waals surface area contributed by atoms with Crippen molar-refractivity contribution in [2.45, 2.75) is 19.3 Å². The van der Waals surface area contributed by atoms with Crippen LogP contribution in [-0.4, -0.2) is 51.3 Å². The molecule has 7 nitrogen and oxygen atoms in total. The van der Waals surface area contributed by atoms with Crippen molar-refractivity contribution >= 4 is 22.6 Å². The molecule has 0 spiro atoms. The van der Waals surface area contributed by atoms with Crippen LogP contribution in [0.4, 0.5) is 5.69 Å². The number of benzene rings is 1. The lowest BCUT2D eigenvalue weighted by molar-refractivity contribution is 0.0791. The van der Waals surface area contributed by atoms with Crippen LogP contribution < -0.4 is 5.32 Å². The molecular formula is C18H20N6O. The van der Waals surface area contributed by atoms with Gasteiger partial charge < -0.3 is 10.2 Å². The van der Waals surface area contributed by atoms with Crippen molar-refractivity contribution < 1.29 is 4.79 Å². The molecule has 0 bridgehead atoms. The van der Waals surface area contributed by atoms with Crippen LogP contribution in [0.25, 0.3) is 11.0 Å². The molecule has 0 radical (unpaired) electrons. The zero-order valence-electron chi connectivity index (χ0n) is 14.3. The first-order chi connectivity index (χ1) is 12.1. The number of pyridine rings is 1. The molecule has 3 aromatic rings. The number of likely N-dealkylation sites (tertiary alicyclic amines) is 1. The number of carbonyl (C=O) groups is 1. The van der Waals surface area contributed by atoms with E-state index in [4.69, 9.17) is 0 Å². The van der Waals surface area contributed by atoms with E-state index in [1.807, 2.05) is 37.1 Å². The largest absolute Gasteiger partial charge is 0.388 e. The fourth-order valence-corrected chi connectivity index (χ4v) is 3.39. The predicted octanol–water partition coefficient (Wildman–Crippen LogP) is 2.33. The highest BCUT2D eigenvalue weighted by Crippen LogP contribution is 2.29. The third kappa shape index (κ3) is 2.93. The Morgan fingerprint density at radius 3 is 2.92 bits per heavy atom. The van der Waals surface area contributed by atoms with Gasteiger partial charge in [0, 0.05) is 48.7 Å². The summed E-state index contributed by atoms with van der Waals surface area (Å²) < 4.78 is 0. The Morgan fingerprint density at radius 1 is 1.24 bits per heavy atom. The van der Waals surface area contributed by atoms with E-state index >= 15 is 0 Å². The van der Waals surface area contributed by atoms with Gasteiger partial charge in [-0.3, -0.25) is 9.78 Å². The first-order valence-corrected chi connectivity index (χ1v) is 8.40. The number of aromatic amines is 1. The summed E-state index contributed by atoms with van der Waals surface area (Å²) in [7, 11) is 1.91. The van der Waals surface area contributed by atoms with Crippen LogP contribution in [-0.2, 0) is 0 Å². The molecule has 1 aromatic carbocycles. The topological polar surface area (TPSA) is 86.8 Å². The Balaban J connectivity index is 1.53. The minimum atomic E-state index is 0.0360. The van der Waals surface area contributed by atoms with Gasteiger partial charge in [-0.15, -0.1) is 0 Å². The molecule has 0 unspecified atom stereocenters. The first kappa shape index (κ1) is 15.6. The van der Waals surface area contributed by atoms with E-state index in [1.165, 1.54) is 0 Å². The maximum absolute atomic E-state index is 12.8. The van der Waals surface area contributed by atoms with Gasteiger partial charge in [0.25, 0.3) is 5.91 Å². The van der Waals surface area contributed by atoms with Gasteiger partial charge in [-0.2, -0.15) is 15.4 Å². The number of hydrogen-bond acceptors (Lipinski definition) is 5. The van der Waals surface area contributed by atoms with Gasteiger partial charge in [-0.1, -0.05) is 0 Å². The summed E-state index contributed by atoms with van der Waals surface area (Å²) in [6.07, 6.45) is 0.928. The predicted molar refractivity (Wildman–Crippen MR) is 95.7 cm³/mol. The standard InChI is InChI=1S/C18H20N6O/c1-11-7-14(19-2)9-16(20-11)13-5-6-24(10-13)18(25)12-3-4-15-17(8-12)22-23-21-15/h3-4,7-9,13H,5-6,10H2,1-2H3,(H,19,20)(H,21,22,23)/t13-/m0/s1. The van der Waals surface area contributed by atoms with Crippen LogP contribution in [0.5, 0.6) is 0 Å². The van der Waals surface area contributed by atoms with Crippen molar-refractivity contribution in [2.75, 3.05) is 25.5 Å². The molecule has 4 rings (SSSR count). The highest BCUT2D eigenvalue weighted by Gasteiger charge is 2.29. The number of rotatable bonds is 3. The molecule has 1 fully saturated rings. The molecule has 7 heteroatoms. The van der Waals surface area contributed by atoms with Gasteiger partial charge in [0.05, 0.1) is 0 Å². The molecule has 3 heterocycles. The fourth-order valence-electron chi connectivity index (χ4n) is 3.39. The van der Waals surface area contributed by atoms with Crippen molar-refractivity contribution in [3.63, 3.8) is 0 Å². The molecule has 1 aliphatic heterocycles. The molecule has 1 saturated heterocycles. The smallest absolute Gasteiger partial charge is 0.253 e. The minimum Gasteiger partial charge on any atom is -0.388 e. The molecule has 0 aliphatic carbocycles. The fraction of sp³-hybridized carbons (Fsp3) is 0.333. The maximum Gasteiger partial charge on any atom is 0.253 e. The Hall–Kier alpha value is -2.96. The summed E-state index contributed by atoms with van der Waals surface area (Å²) in [6.45, 7) is 3.43. The number of aromatic nitrogens is 4. The van der Waals surface area contributed by atoms with E-state index in [9.17, 15) is 4.79 Å². The lowest BCUT2D eigenvalue weighted by Gasteiger charge is -2.17. The maximum atomic E-state index is 12.8. The van der Waals surface area contributed by atoms with E-state index in [0.717, 1.165) is 35.6 Å². The minimum absolute atomic E-state index is 0.0360. The quantitative estimate of drug-likeness (QED) is 0.766. The Bertz CT molecular complexity index is 934. The number of amides is 1. The SMILES string of the molecule is CNc1cc(C)nc([C@H]2CCN(C(=O)c3ccc4n[nH]nc4c3)C2)c1. The van der Waals surface area contributed by atoms with Crippen molar-refractivity contribution in [1.82, 2.24) is 25.3 Å². The van der Waals surface area contributed by atoms with E-state index in [1.54, 1.807) is 6.07 Å². The van der Waals surface area contributed by atoms with Gasteiger partial charge in [-0.05, 0) is 43.7 Å². The first-order valence-electron chi connectivity index (χ1n) is 8.40. The molecule has 1 amide bonds. The van der Waals surface area contributed by atoms with Crippen LogP contribution in [0, 0.1) is 6.92 Å². The molecule has 128 valence electrons. The second kappa shape index (κ2) is 6.16. The molecule has 1 aliphatic rings. The van der Waals surface area contributed by atoms with Crippen molar-refractivity contribution in [1.29, 1.82) is 0 Å².